The van der Waals surface area contributed by atoms with Gasteiger partial charge in [0.2, 0.25) is 5.91 Å². The summed E-state index contributed by atoms with van der Waals surface area (Å²) in [5.74, 6) is -0.148. The zero-order valence-corrected chi connectivity index (χ0v) is 15.4. The fraction of sp³-hybridized carbons (Fsp3) is 0.643. The second kappa shape index (κ2) is 10.8. The summed E-state index contributed by atoms with van der Waals surface area (Å²) in [6.45, 7) is 2.41. The number of nitrogens with zero attached hydrogens (tertiary/aromatic N) is 1. The predicted octanol–water partition coefficient (Wildman–Crippen LogP) is 2.30. The highest BCUT2D eigenvalue weighted by Crippen LogP contribution is 2.26. The largest absolute Gasteiger partial charge is 0.461 e. The third-order valence-electron chi connectivity index (χ3n) is 3.64. The van der Waals surface area contributed by atoms with Crippen LogP contribution in [0.2, 0.25) is 0 Å². The second-order valence-corrected chi connectivity index (χ2v) is 6.13. The van der Waals surface area contributed by atoms with Gasteiger partial charge in [-0.25, -0.2) is 9.78 Å². The SMILES string of the molecule is CCOC(=O)c1csc(CNC(=O)C[C@@H]2CCC[C@H]2N)n1.Cl.Cl. The van der Waals surface area contributed by atoms with E-state index in [4.69, 9.17) is 10.5 Å². The van der Waals surface area contributed by atoms with Crippen LogP contribution in [0.5, 0.6) is 0 Å². The van der Waals surface area contributed by atoms with Crippen LogP contribution in [-0.2, 0) is 16.1 Å². The van der Waals surface area contributed by atoms with Gasteiger partial charge in [-0.2, -0.15) is 0 Å². The van der Waals surface area contributed by atoms with Crippen LogP contribution in [0.1, 0.15) is 48.1 Å². The Balaban J connectivity index is 0.00000242. The predicted molar refractivity (Wildman–Crippen MR) is 94.3 cm³/mol. The molecule has 0 bridgehead atoms. The van der Waals surface area contributed by atoms with Crippen molar-refractivity contribution in [2.24, 2.45) is 11.7 Å². The zero-order chi connectivity index (χ0) is 15.2. The van der Waals surface area contributed by atoms with Gasteiger partial charge in [0.1, 0.15) is 5.01 Å². The molecular formula is C14H23Cl2N3O3S. The molecular weight excluding hydrogens is 361 g/mol. The first-order chi connectivity index (χ1) is 10.1. The van der Waals surface area contributed by atoms with Crippen molar-refractivity contribution in [2.45, 2.75) is 45.2 Å². The lowest BCUT2D eigenvalue weighted by atomic mass is 10.00. The van der Waals surface area contributed by atoms with Crippen LogP contribution in [-0.4, -0.2) is 29.5 Å². The third-order valence-corrected chi connectivity index (χ3v) is 4.49. The molecule has 0 spiro atoms. The summed E-state index contributed by atoms with van der Waals surface area (Å²) in [6.07, 6.45) is 3.61. The number of rotatable bonds is 6. The molecule has 3 N–H and O–H groups in total. The number of aromatic nitrogens is 1. The van der Waals surface area contributed by atoms with E-state index in [-0.39, 0.29) is 42.7 Å². The van der Waals surface area contributed by atoms with E-state index in [9.17, 15) is 9.59 Å². The lowest BCUT2D eigenvalue weighted by Gasteiger charge is -2.14. The lowest BCUT2D eigenvalue weighted by Crippen LogP contribution is -2.31. The molecule has 132 valence electrons. The molecule has 0 aromatic carbocycles. The molecule has 2 atom stereocenters. The molecule has 1 saturated carbocycles. The average Bonchev–Trinajstić information content (AvgIpc) is 3.07. The smallest absolute Gasteiger partial charge is 0.357 e. The molecule has 1 aromatic heterocycles. The lowest BCUT2D eigenvalue weighted by molar-refractivity contribution is -0.122. The summed E-state index contributed by atoms with van der Waals surface area (Å²) < 4.78 is 4.87. The van der Waals surface area contributed by atoms with E-state index in [0.717, 1.165) is 19.3 Å². The molecule has 1 aliphatic rings. The first-order valence-electron chi connectivity index (χ1n) is 7.24. The number of carbonyl (C=O) groups is 2. The van der Waals surface area contributed by atoms with Crippen LogP contribution in [0.25, 0.3) is 0 Å². The molecule has 1 aromatic rings. The molecule has 0 aliphatic heterocycles. The molecule has 0 radical (unpaired) electrons. The highest BCUT2D eigenvalue weighted by atomic mass is 35.5. The number of carbonyl (C=O) groups excluding carboxylic acids is 2. The van der Waals surface area contributed by atoms with Gasteiger partial charge >= 0.3 is 5.97 Å². The van der Waals surface area contributed by atoms with Gasteiger partial charge in [-0.05, 0) is 25.7 Å². The quantitative estimate of drug-likeness (QED) is 0.734. The Bertz CT molecular complexity index is 513. The minimum atomic E-state index is -0.428. The number of esters is 1. The van der Waals surface area contributed by atoms with Crippen molar-refractivity contribution in [2.75, 3.05) is 6.61 Å². The van der Waals surface area contributed by atoms with Crippen molar-refractivity contribution in [1.29, 1.82) is 0 Å². The Morgan fingerprint density at radius 3 is 2.78 bits per heavy atom. The molecule has 1 heterocycles. The maximum Gasteiger partial charge on any atom is 0.357 e. The highest BCUT2D eigenvalue weighted by molar-refractivity contribution is 7.09. The van der Waals surface area contributed by atoms with Crippen LogP contribution in [0.3, 0.4) is 0 Å². The summed E-state index contributed by atoms with van der Waals surface area (Å²) >= 11 is 1.34. The summed E-state index contributed by atoms with van der Waals surface area (Å²) in [5.41, 5.74) is 6.25. The van der Waals surface area contributed by atoms with Crippen LogP contribution in [0.4, 0.5) is 0 Å². The van der Waals surface area contributed by atoms with E-state index >= 15 is 0 Å². The van der Waals surface area contributed by atoms with Crippen LogP contribution < -0.4 is 11.1 Å². The van der Waals surface area contributed by atoms with Crippen LogP contribution >= 0.6 is 36.2 Å². The number of nitrogens with two attached hydrogens (primary N) is 1. The first-order valence-corrected chi connectivity index (χ1v) is 8.12. The summed E-state index contributed by atoms with van der Waals surface area (Å²) in [4.78, 5) is 27.5. The maximum absolute atomic E-state index is 11.9. The van der Waals surface area contributed by atoms with Gasteiger partial charge in [-0.15, -0.1) is 36.2 Å². The summed E-state index contributed by atoms with van der Waals surface area (Å²) in [7, 11) is 0. The Morgan fingerprint density at radius 2 is 2.17 bits per heavy atom. The molecule has 6 nitrogen and oxygen atoms in total. The minimum absolute atomic E-state index is 0. The normalized spacial score (nSPS) is 19.4. The van der Waals surface area contributed by atoms with Crippen molar-refractivity contribution < 1.29 is 14.3 Å². The Hall–Kier alpha value is -0.890. The Morgan fingerprint density at radius 1 is 1.43 bits per heavy atom. The van der Waals surface area contributed by atoms with Crippen molar-refractivity contribution in [3.05, 3.63) is 16.1 Å². The topological polar surface area (TPSA) is 94.3 Å². The number of halogens is 2. The molecule has 1 aliphatic carbocycles. The molecule has 0 saturated heterocycles. The van der Waals surface area contributed by atoms with E-state index in [0.29, 0.717) is 30.3 Å². The zero-order valence-electron chi connectivity index (χ0n) is 12.9. The van der Waals surface area contributed by atoms with Gasteiger partial charge in [-0.3, -0.25) is 4.79 Å². The average molecular weight is 384 g/mol. The molecule has 9 heteroatoms. The molecule has 23 heavy (non-hydrogen) atoms. The number of nitrogens with one attached hydrogen (secondary N) is 1. The van der Waals surface area contributed by atoms with Crippen LogP contribution in [0, 0.1) is 5.92 Å². The first kappa shape index (κ1) is 22.1. The number of ether oxygens (including phenoxy) is 1. The molecule has 2 rings (SSSR count). The second-order valence-electron chi connectivity index (χ2n) is 5.18. The standard InChI is InChI=1S/C14H21N3O3S.2ClH/c1-2-20-14(19)11-8-21-13(17-11)7-16-12(18)6-9-4-3-5-10(9)15;;/h8-10H,2-7,15H2,1H3,(H,16,18);2*1H/t9-,10+;;/m0../s1. The fourth-order valence-electron chi connectivity index (χ4n) is 2.49. The number of hydrogen-bond donors (Lipinski definition) is 2. The van der Waals surface area contributed by atoms with Crippen molar-refractivity contribution in [1.82, 2.24) is 10.3 Å². The molecule has 1 amide bonds. The minimum Gasteiger partial charge on any atom is -0.461 e. The number of thiazole rings is 1. The van der Waals surface area contributed by atoms with E-state index in [1.165, 1.54) is 11.3 Å². The maximum atomic E-state index is 11.9. The van der Waals surface area contributed by atoms with Gasteiger partial charge in [0.25, 0.3) is 0 Å². The van der Waals surface area contributed by atoms with E-state index in [1.807, 2.05) is 0 Å². The van der Waals surface area contributed by atoms with E-state index in [2.05, 4.69) is 10.3 Å². The fourth-order valence-corrected chi connectivity index (χ4v) is 3.20. The monoisotopic (exact) mass is 383 g/mol. The van der Waals surface area contributed by atoms with Crippen molar-refractivity contribution >= 4 is 48.0 Å². The number of hydrogen-bond acceptors (Lipinski definition) is 6. The van der Waals surface area contributed by atoms with Crippen molar-refractivity contribution in [3.63, 3.8) is 0 Å². The Kier molecular flexibility index (Phi) is 10.4. The molecule has 1 fully saturated rings. The van der Waals surface area contributed by atoms with Crippen molar-refractivity contribution in [3.8, 4) is 0 Å². The summed E-state index contributed by atoms with van der Waals surface area (Å²) in [5, 5.41) is 5.17. The van der Waals surface area contributed by atoms with Gasteiger partial charge in [-0.1, -0.05) is 6.42 Å². The van der Waals surface area contributed by atoms with Gasteiger partial charge in [0.15, 0.2) is 5.69 Å². The van der Waals surface area contributed by atoms with E-state index < -0.39 is 5.97 Å². The third kappa shape index (κ3) is 6.63. The van der Waals surface area contributed by atoms with E-state index in [1.54, 1.807) is 12.3 Å². The highest BCUT2D eigenvalue weighted by Gasteiger charge is 2.26. The van der Waals surface area contributed by atoms with Gasteiger partial charge < -0.3 is 15.8 Å². The van der Waals surface area contributed by atoms with Gasteiger partial charge in [0, 0.05) is 17.8 Å². The number of amides is 1. The van der Waals surface area contributed by atoms with Crippen LogP contribution in [0.15, 0.2) is 5.38 Å². The Labute approximate surface area is 152 Å². The molecule has 0 unspecified atom stereocenters. The van der Waals surface area contributed by atoms with Gasteiger partial charge in [0.05, 0.1) is 13.2 Å². The summed E-state index contributed by atoms with van der Waals surface area (Å²) in [6, 6.07) is 0.144.